The van der Waals surface area contributed by atoms with E-state index in [1.807, 2.05) is 42.5 Å². The Balaban J connectivity index is 1.29. The number of rotatable bonds is 10. The monoisotopic (exact) mass is 605 g/mol. The summed E-state index contributed by atoms with van der Waals surface area (Å²) in [5, 5.41) is 0. The summed E-state index contributed by atoms with van der Waals surface area (Å²) in [4.78, 5) is 15.6. The van der Waals surface area contributed by atoms with Gasteiger partial charge in [-0.3, -0.25) is 0 Å². The van der Waals surface area contributed by atoms with Crippen LogP contribution < -0.4 is 0 Å². The highest BCUT2D eigenvalue weighted by atomic mass is 16.5. The molecule has 0 radical (unpaired) electrons. The van der Waals surface area contributed by atoms with Crippen molar-refractivity contribution in [3.8, 4) is 0 Å². The second-order valence-electron chi connectivity index (χ2n) is 12.0. The van der Waals surface area contributed by atoms with Crippen LogP contribution in [0.5, 0.6) is 0 Å². The highest BCUT2D eigenvalue weighted by Crippen LogP contribution is 2.46. The number of benzene rings is 4. The van der Waals surface area contributed by atoms with Crippen LogP contribution in [0, 0.1) is 0 Å². The molecular formula is C41H39N3O2. The Labute approximate surface area is 271 Å². The van der Waals surface area contributed by atoms with E-state index in [0.717, 1.165) is 47.9 Å². The van der Waals surface area contributed by atoms with Crippen LogP contribution in [0.2, 0.25) is 0 Å². The number of hydrogen-bond acceptors (Lipinski definition) is 5. The van der Waals surface area contributed by atoms with Crippen molar-refractivity contribution in [1.29, 1.82) is 0 Å². The van der Waals surface area contributed by atoms with E-state index in [1.165, 1.54) is 0 Å². The molecule has 1 aromatic heterocycles. The first-order valence-electron chi connectivity index (χ1n) is 16.4. The Hall–Kier alpha value is -5.03. The summed E-state index contributed by atoms with van der Waals surface area (Å²) in [5.41, 5.74) is 4.15. The first-order valence-corrected chi connectivity index (χ1v) is 16.4. The molecule has 230 valence electrons. The summed E-state index contributed by atoms with van der Waals surface area (Å²) in [6, 6.07) is 47.5. The highest BCUT2D eigenvalue weighted by Gasteiger charge is 2.51. The number of ether oxygens (including phenoxy) is 2. The molecule has 0 N–H and O–H groups in total. The fourth-order valence-corrected chi connectivity index (χ4v) is 7.03. The molecule has 2 aliphatic heterocycles. The molecule has 0 saturated carbocycles. The summed E-state index contributed by atoms with van der Waals surface area (Å²) in [7, 11) is 0. The Morgan fingerprint density at radius 2 is 0.783 bits per heavy atom. The summed E-state index contributed by atoms with van der Waals surface area (Å²) in [6.45, 7) is 4.39. The molecule has 4 aromatic carbocycles. The third kappa shape index (κ3) is 5.10. The van der Waals surface area contributed by atoms with E-state index >= 15 is 0 Å². The predicted molar refractivity (Wildman–Crippen MR) is 184 cm³/mol. The van der Waals surface area contributed by atoms with Crippen molar-refractivity contribution in [2.45, 2.75) is 62.8 Å². The zero-order valence-electron chi connectivity index (χ0n) is 26.4. The van der Waals surface area contributed by atoms with Crippen LogP contribution >= 0.6 is 0 Å². The maximum Gasteiger partial charge on any atom is 0.237 e. The number of nitrogens with zero attached hydrogens (tertiary/aromatic N) is 3. The van der Waals surface area contributed by atoms with Crippen molar-refractivity contribution >= 4 is 11.8 Å². The second kappa shape index (κ2) is 12.8. The summed E-state index contributed by atoms with van der Waals surface area (Å²) in [5.74, 6) is 1.07. The Morgan fingerprint density at radius 3 is 1.09 bits per heavy atom. The van der Waals surface area contributed by atoms with Gasteiger partial charge in [0.1, 0.15) is 23.5 Å². The van der Waals surface area contributed by atoms with Crippen LogP contribution in [0.3, 0.4) is 0 Å². The summed E-state index contributed by atoms with van der Waals surface area (Å²) >= 11 is 0. The zero-order valence-corrected chi connectivity index (χ0v) is 26.4. The van der Waals surface area contributed by atoms with Crippen molar-refractivity contribution in [3.63, 3.8) is 0 Å². The van der Waals surface area contributed by atoms with Crippen LogP contribution in [-0.4, -0.2) is 28.9 Å². The van der Waals surface area contributed by atoms with Gasteiger partial charge < -0.3 is 9.47 Å². The van der Waals surface area contributed by atoms with Gasteiger partial charge >= 0.3 is 0 Å². The third-order valence-electron chi connectivity index (χ3n) is 9.12. The van der Waals surface area contributed by atoms with Crippen LogP contribution in [0.15, 0.2) is 150 Å². The number of pyridine rings is 1. The largest absolute Gasteiger partial charge is 0.458 e. The molecule has 0 unspecified atom stereocenters. The minimum Gasteiger partial charge on any atom is -0.458 e. The van der Waals surface area contributed by atoms with E-state index in [2.05, 4.69) is 111 Å². The van der Waals surface area contributed by atoms with Crippen LogP contribution in [0.4, 0.5) is 0 Å². The van der Waals surface area contributed by atoms with Gasteiger partial charge in [0.05, 0.1) is 0 Å². The lowest BCUT2D eigenvalue weighted by atomic mass is 9.79. The summed E-state index contributed by atoms with van der Waals surface area (Å²) < 4.78 is 14.1. The van der Waals surface area contributed by atoms with Gasteiger partial charge in [-0.1, -0.05) is 154 Å². The van der Waals surface area contributed by atoms with E-state index in [0.29, 0.717) is 23.2 Å². The van der Waals surface area contributed by atoms with E-state index in [9.17, 15) is 0 Å². The average Bonchev–Trinajstić information content (AvgIpc) is 3.71. The van der Waals surface area contributed by atoms with Gasteiger partial charge in [-0.2, -0.15) is 0 Å². The van der Waals surface area contributed by atoms with Gasteiger partial charge in [0.25, 0.3) is 0 Å². The minimum absolute atomic E-state index is 0.111. The molecule has 0 bridgehead atoms. The van der Waals surface area contributed by atoms with E-state index in [1.54, 1.807) is 0 Å². The zero-order chi connectivity index (χ0) is 31.4. The topological polar surface area (TPSA) is 56.1 Å². The fourth-order valence-electron chi connectivity index (χ4n) is 7.03. The Bertz CT molecular complexity index is 1610. The van der Waals surface area contributed by atoms with Crippen molar-refractivity contribution in [2.24, 2.45) is 9.98 Å². The van der Waals surface area contributed by atoms with Gasteiger partial charge in [-0.15, -0.1) is 0 Å². The molecule has 0 aliphatic carbocycles. The summed E-state index contributed by atoms with van der Waals surface area (Å²) in [6.07, 6.45) is 3.70. The first kappa shape index (κ1) is 29.7. The van der Waals surface area contributed by atoms with Crippen LogP contribution in [-0.2, 0) is 20.7 Å². The molecule has 2 aliphatic rings. The lowest BCUT2D eigenvalue weighted by molar-refractivity contribution is 0.0935. The van der Waals surface area contributed by atoms with Gasteiger partial charge in [-0.05, 0) is 25.0 Å². The molecule has 5 nitrogen and oxygen atoms in total. The molecule has 0 spiro atoms. The third-order valence-corrected chi connectivity index (χ3v) is 9.12. The Kier molecular flexibility index (Phi) is 8.23. The van der Waals surface area contributed by atoms with Gasteiger partial charge in [0.15, 0.2) is 11.2 Å². The molecule has 0 fully saturated rings. The van der Waals surface area contributed by atoms with Crippen molar-refractivity contribution in [2.75, 3.05) is 0 Å². The molecule has 5 aromatic rings. The Morgan fingerprint density at radius 1 is 0.457 bits per heavy atom. The van der Waals surface area contributed by atoms with Crippen LogP contribution in [0.25, 0.3) is 0 Å². The van der Waals surface area contributed by atoms with E-state index in [-0.39, 0.29) is 12.1 Å². The molecule has 3 heterocycles. The molecule has 2 atom stereocenters. The lowest BCUT2D eigenvalue weighted by Crippen LogP contribution is -2.39. The van der Waals surface area contributed by atoms with Gasteiger partial charge in [0, 0.05) is 22.3 Å². The number of aliphatic imine (C=N–C) groups is 2. The SMILES string of the molecule is CCC[C@@H]1N=C(c2cccc(C3=N[C@@H](CCC)C(c4ccccc4)(c4ccccc4)O3)n2)OC1(c1ccccc1)c1ccccc1. The first-order chi connectivity index (χ1) is 22.7. The molecule has 0 saturated heterocycles. The number of aromatic nitrogens is 1. The number of hydrogen-bond donors (Lipinski definition) is 0. The van der Waals surface area contributed by atoms with Crippen molar-refractivity contribution < 1.29 is 9.47 Å². The van der Waals surface area contributed by atoms with E-state index < -0.39 is 11.2 Å². The van der Waals surface area contributed by atoms with Gasteiger partial charge in [-0.25, -0.2) is 15.0 Å². The molecule has 7 rings (SSSR count). The van der Waals surface area contributed by atoms with Crippen molar-refractivity contribution in [3.05, 3.63) is 173 Å². The van der Waals surface area contributed by atoms with Crippen molar-refractivity contribution in [1.82, 2.24) is 4.98 Å². The smallest absolute Gasteiger partial charge is 0.237 e. The quantitative estimate of drug-likeness (QED) is 0.160. The molecule has 46 heavy (non-hydrogen) atoms. The molecule has 5 heteroatoms. The predicted octanol–water partition coefficient (Wildman–Crippen LogP) is 8.86. The lowest BCUT2D eigenvalue weighted by Gasteiger charge is -2.35. The fraction of sp³-hybridized carbons (Fsp3) is 0.244. The average molecular weight is 606 g/mol. The standard InChI is InChI=1S/C41H39N3O2/c1-3-18-36-40(30-20-9-5-10-21-30,31-22-11-6-12-23-31)45-38(43-36)34-28-17-29-35(42-34)39-44-37(19-4-2)41(46-39,32-24-13-7-14-25-32)33-26-15-8-16-27-33/h5-17,20-29,36-37H,3-4,18-19H2,1-2H3/t36-,37-/m0/s1. The second-order valence-corrected chi connectivity index (χ2v) is 12.0. The molecule has 0 amide bonds. The van der Waals surface area contributed by atoms with E-state index in [4.69, 9.17) is 24.4 Å². The maximum atomic E-state index is 7.04. The van der Waals surface area contributed by atoms with Crippen LogP contribution in [0.1, 0.15) is 73.2 Å². The normalized spacial score (nSPS) is 19.5. The van der Waals surface area contributed by atoms with Gasteiger partial charge in [0.2, 0.25) is 11.8 Å². The maximum absolute atomic E-state index is 7.04. The highest BCUT2D eigenvalue weighted by molar-refractivity contribution is 5.98. The minimum atomic E-state index is -0.755. The molecular weight excluding hydrogens is 566 g/mol.